The Kier molecular flexibility index (Phi) is 1.46. The molecule has 3 aliphatic carbocycles. The molecule has 0 spiro atoms. The minimum atomic E-state index is 0.496. The van der Waals surface area contributed by atoms with Crippen LogP contribution in [0.15, 0.2) is 0 Å². The zero-order chi connectivity index (χ0) is 9.16. The molecule has 2 bridgehead atoms. The zero-order valence-electron chi connectivity index (χ0n) is 8.49. The molecule has 1 heteroatoms. The Morgan fingerprint density at radius 3 is 2.54 bits per heavy atom. The fraction of sp³-hybridized carbons (Fsp3) is 0.917. The van der Waals surface area contributed by atoms with Crippen LogP contribution in [-0.2, 0) is 4.79 Å². The van der Waals surface area contributed by atoms with Gasteiger partial charge in [0, 0.05) is 12.3 Å². The summed E-state index contributed by atoms with van der Waals surface area (Å²) >= 11 is 0. The molecule has 0 aromatic carbocycles. The summed E-state index contributed by atoms with van der Waals surface area (Å²) in [4.78, 5) is 11.7. The smallest absolute Gasteiger partial charge is 0.136 e. The number of Topliss-reactive ketones (excluding diaryl/α,β-unsaturated/α-hetero) is 1. The third-order valence-corrected chi connectivity index (χ3v) is 5.29. The molecule has 6 atom stereocenters. The monoisotopic (exact) mass is 178 g/mol. The van der Waals surface area contributed by atoms with Gasteiger partial charge in [0.05, 0.1) is 0 Å². The van der Waals surface area contributed by atoms with Gasteiger partial charge in [-0.05, 0) is 42.4 Å². The van der Waals surface area contributed by atoms with Crippen molar-refractivity contribution in [2.24, 2.45) is 35.5 Å². The molecule has 3 fully saturated rings. The van der Waals surface area contributed by atoms with Crippen LogP contribution in [0.4, 0.5) is 0 Å². The van der Waals surface area contributed by atoms with Crippen LogP contribution < -0.4 is 0 Å². The van der Waals surface area contributed by atoms with E-state index in [0.29, 0.717) is 11.7 Å². The third-order valence-electron chi connectivity index (χ3n) is 5.29. The standard InChI is InChI=1S/C12H18O/c1-6-7(2)10-5-9(6)8-3-4-11(13)12(8)10/h6-10,12H,3-5H2,1-2H3. The highest BCUT2D eigenvalue weighted by molar-refractivity contribution is 5.84. The first-order valence-electron chi connectivity index (χ1n) is 5.73. The SMILES string of the molecule is CC1C(C)C2CC1C1CCC(=O)C21. The second-order valence-electron chi connectivity index (χ2n) is 5.48. The Labute approximate surface area is 79.9 Å². The van der Waals surface area contributed by atoms with E-state index >= 15 is 0 Å². The molecule has 0 N–H and O–H groups in total. The van der Waals surface area contributed by atoms with Crippen LogP contribution in [0.1, 0.15) is 33.1 Å². The molecular formula is C12H18O. The molecule has 3 aliphatic rings. The highest BCUT2D eigenvalue weighted by Crippen LogP contribution is 2.61. The molecule has 0 aromatic heterocycles. The average Bonchev–Trinajstić information content (AvgIpc) is 2.70. The Morgan fingerprint density at radius 2 is 1.77 bits per heavy atom. The molecule has 0 aromatic rings. The van der Waals surface area contributed by atoms with Gasteiger partial charge >= 0.3 is 0 Å². The number of fused-ring (bicyclic) bond motifs is 5. The van der Waals surface area contributed by atoms with Crippen molar-refractivity contribution in [1.29, 1.82) is 0 Å². The second kappa shape index (κ2) is 2.37. The van der Waals surface area contributed by atoms with Crippen LogP contribution in [0.25, 0.3) is 0 Å². The average molecular weight is 178 g/mol. The van der Waals surface area contributed by atoms with E-state index in [1.165, 1.54) is 12.8 Å². The van der Waals surface area contributed by atoms with E-state index in [9.17, 15) is 4.79 Å². The molecular weight excluding hydrogens is 160 g/mol. The third kappa shape index (κ3) is 0.812. The van der Waals surface area contributed by atoms with Crippen LogP contribution in [0.2, 0.25) is 0 Å². The van der Waals surface area contributed by atoms with E-state index in [1.54, 1.807) is 0 Å². The van der Waals surface area contributed by atoms with Gasteiger partial charge in [-0.3, -0.25) is 4.79 Å². The predicted octanol–water partition coefficient (Wildman–Crippen LogP) is 2.50. The van der Waals surface area contributed by atoms with E-state index < -0.39 is 0 Å². The van der Waals surface area contributed by atoms with Crippen molar-refractivity contribution in [3.63, 3.8) is 0 Å². The van der Waals surface area contributed by atoms with Crippen LogP contribution in [0.3, 0.4) is 0 Å². The lowest BCUT2D eigenvalue weighted by atomic mass is 9.71. The number of hydrogen-bond acceptors (Lipinski definition) is 1. The topological polar surface area (TPSA) is 17.1 Å². The first-order chi connectivity index (χ1) is 6.20. The number of rotatable bonds is 0. The highest BCUT2D eigenvalue weighted by Gasteiger charge is 2.58. The van der Waals surface area contributed by atoms with E-state index in [-0.39, 0.29) is 0 Å². The summed E-state index contributed by atoms with van der Waals surface area (Å²) in [5.74, 6) is 5.25. The lowest BCUT2D eigenvalue weighted by Crippen LogP contribution is -2.32. The first-order valence-corrected chi connectivity index (χ1v) is 5.73. The summed E-state index contributed by atoms with van der Waals surface area (Å²) in [6, 6.07) is 0. The molecule has 0 radical (unpaired) electrons. The van der Waals surface area contributed by atoms with Gasteiger partial charge in [-0.25, -0.2) is 0 Å². The minimum absolute atomic E-state index is 0.496. The van der Waals surface area contributed by atoms with Crippen molar-refractivity contribution in [1.82, 2.24) is 0 Å². The zero-order valence-corrected chi connectivity index (χ0v) is 8.49. The maximum absolute atomic E-state index is 11.7. The van der Waals surface area contributed by atoms with E-state index in [2.05, 4.69) is 13.8 Å². The van der Waals surface area contributed by atoms with Crippen LogP contribution in [0.5, 0.6) is 0 Å². The van der Waals surface area contributed by atoms with Gasteiger partial charge in [0.1, 0.15) is 5.78 Å². The Hall–Kier alpha value is -0.330. The number of ketones is 1. The van der Waals surface area contributed by atoms with Crippen molar-refractivity contribution >= 4 is 5.78 Å². The van der Waals surface area contributed by atoms with Gasteiger partial charge in [-0.15, -0.1) is 0 Å². The van der Waals surface area contributed by atoms with E-state index in [0.717, 1.165) is 36.0 Å². The molecule has 0 heterocycles. The summed E-state index contributed by atoms with van der Waals surface area (Å²) in [5.41, 5.74) is 0. The normalized spacial score (nSPS) is 58.8. The molecule has 6 unspecified atom stereocenters. The largest absolute Gasteiger partial charge is 0.299 e. The second-order valence-corrected chi connectivity index (χ2v) is 5.48. The fourth-order valence-electron chi connectivity index (χ4n) is 4.49. The van der Waals surface area contributed by atoms with Crippen LogP contribution in [0, 0.1) is 35.5 Å². The van der Waals surface area contributed by atoms with Crippen molar-refractivity contribution < 1.29 is 4.79 Å². The summed E-state index contributed by atoms with van der Waals surface area (Å²) in [6.45, 7) is 4.76. The molecule has 1 nitrogen and oxygen atoms in total. The number of hydrogen-bond donors (Lipinski definition) is 0. The molecule has 0 saturated heterocycles. The lowest BCUT2D eigenvalue weighted by Gasteiger charge is -2.33. The van der Waals surface area contributed by atoms with Crippen molar-refractivity contribution in [2.75, 3.05) is 0 Å². The van der Waals surface area contributed by atoms with Gasteiger partial charge < -0.3 is 0 Å². The van der Waals surface area contributed by atoms with Crippen LogP contribution in [-0.4, -0.2) is 5.78 Å². The van der Waals surface area contributed by atoms with Crippen molar-refractivity contribution in [3.8, 4) is 0 Å². The maximum atomic E-state index is 11.7. The summed E-state index contributed by atoms with van der Waals surface area (Å²) in [7, 11) is 0. The minimum Gasteiger partial charge on any atom is -0.299 e. The fourth-order valence-corrected chi connectivity index (χ4v) is 4.49. The Balaban J connectivity index is 1.96. The maximum Gasteiger partial charge on any atom is 0.136 e. The quantitative estimate of drug-likeness (QED) is 0.557. The Morgan fingerprint density at radius 1 is 1.08 bits per heavy atom. The van der Waals surface area contributed by atoms with Crippen molar-refractivity contribution in [2.45, 2.75) is 33.1 Å². The number of carbonyl (C=O) groups is 1. The Bertz CT molecular complexity index is 258. The molecule has 3 rings (SSSR count). The van der Waals surface area contributed by atoms with Crippen LogP contribution >= 0.6 is 0 Å². The summed E-state index contributed by atoms with van der Waals surface area (Å²) in [5, 5.41) is 0. The summed E-state index contributed by atoms with van der Waals surface area (Å²) < 4.78 is 0. The molecule has 3 saturated carbocycles. The van der Waals surface area contributed by atoms with Gasteiger partial charge in [0.15, 0.2) is 0 Å². The van der Waals surface area contributed by atoms with Gasteiger partial charge in [-0.1, -0.05) is 13.8 Å². The predicted molar refractivity (Wildman–Crippen MR) is 51.1 cm³/mol. The molecule has 0 aliphatic heterocycles. The molecule has 13 heavy (non-hydrogen) atoms. The molecule has 0 amide bonds. The van der Waals surface area contributed by atoms with Crippen molar-refractivity contribution in [3.05, 3.63) is 0 Å². The first kappa shape index (κ1) is 8.02. The van der Waals surface area contributed by atoms with Gasteiger partial charge in [0.2, 0.25) is 0 Å². The van der Waals surface area contributed by atoms with Gasteiger partial charge in [-0.2, -0.15) is 0 Å². The number of carbonyl (C=O) groups excluding carboxylic acids is 1. The highest BCUT2D eigenvalue weighted by atomic mass is 16.1. The molecule has 72 valence electrons. The van der Waals surface area contributed by atoms with E-state index in [4.69, 9.17) is 0 Å². The lowest BCUT2D eigenvalue weighted by molar-refractivity contribution is -0.123. The van der Waals surface area contributed by atoms with E-state index in [1.807, 2.05) is 0 Å². The summed E-state index contributed by atoms with van der Waals surface area (Å²) in [6.07, 6.45) is 3.47. The van der Waals surface area contributed by atoms with Gasteiger partial charge in [0.25, 0.3) is 0 Å².